The van der Waals surface area contributed by atoms with Gasteiger partial charge in [0.05, 0.1) is 0 Å². The molecular weight excluding hydrogens is 196 g/mol. The number of benzene rings is 1. The Morgan fingerprint density at radius 1 is 1.38 bits per heavy atom. The Balaban J connectivity index is 1.76. The molecule has 0 radical (unpaired) electrons. The lowest BCUT2D eigenvalue weighted by Crippen LogP contribution is -2.17. The van der Waals surface area contributed by atoms with Crippen LogP contribution in [0, 0.1) is 5.92 Å². The molecule has 1 aromatic rings. The molecule has 3 rings (SSSR count). The largest absolute Gasteiger partial charge is 0.382 e. The fourth-order valence-corrected chi connectivity index (χ4v) is 2.63. The van der Waals surface area contributed by atoms with E-state index in [0.717, 1.165) is 12.5 Å². The molecule has 0 bridgehead atoms. The monoisotopic (exact) mass is 216 g/mol. The molecule has 1 aliphatic heterocycles. The predicted molar refractivity (Wildman–Crippen MR) is 69.2 cm³/mol. The van der Waals surface area contributed by atoms with Gasteiger partial charge in [-0.15, -0.1) is 0 Å². The number of nitrogens with zero attached hydrogens (tertiary/aromatic N) is 1. The second-order valence-electron chi connectivity index (χ2n) is 5.29. The average molecular weight is 216 g/mol. The summed E-state index contributed by atoms with van der Waals surface area (Å²) in [6, 6.07) is 7.44. The molecule has 0 spiro atoms. The first-order chi connectivity index (χ1) is 7.74. The lowest BCUT2D eigenvalue weighted by atomic mass is 10.1. The fraction of sp³-hybridized carbons (Fsp3) is 0.571. The van der Waals surface area contributed by atoms with Crippen LogP contribution in [0.5, 0.6) is 0 Å². The van der Waals surface area contributed by atoms with Crippen LogP contribution in [0.2, 0.25) is 0 Å². The maximum atomic E-state index is 3.63. The van der Waals surface area contributed by atoms with Crippen LogP contribution in [0.15, 0.2) is 18.2 Å². The van der Waals surface area contributed by atoms with Gasteiger partial charge >= 0.3 is 0 Å². The van der Waals surface area contributed by atoms with Gasteiger partial charge in [-0.1, -0.05) is 0 Å². The molecule has 1 aliphatic carbocycles. The van der Waals surface area contributed by atoms with E-state index in [2.05, 4.69) is 42.4 Å². The van der Waals surface area contributed by atoms with Crippen LogP contribution in [0.4, 0.5) is 11.4 Å². The summed E-state index contributed by atoms with van der Waals surface area (Å²) in [7, 11) is 2.17. The summed E-state index contributed by atoms with van der Waals surface area (Å²) in [6.07, 6.45) is 4.00. The zero-order valence-corrected chi connectivity index (χ0v) is 10.2. The molecule has 1 aromatic carbocycles. The van der Waals surface area contributed by atoms with Crippen molar-refractivity contribution in [1.29, 1.82) is 0 Å². The first-order valence-corrected chi connectivity index (χ1v) is 6.34. The maximum Gasteiger partial charge on any atom is 0.0398 e. The van der Waals surface area contributed by atoms with Crippen molar-refractivity contribution in [2.24, 2.45) is 5.92 Å². The van der Waals surface area contributed by atoms with E-state index in [1.807, 2.05) is 0 Å². The summed E-state index contributed by atoms with van der Waals surface area (Å²) in [5, 5.41) is 3.63. The number of nitrogens with one attached hydrogen (secondary N) is 1. The van der Waals surface area contributed by atoms with Crippen LogP contribution in [0.25, 0.3) is 0 Å². The Morgan fingerprint density at radius 2 is 2.19 bits per heavy atom. The first-order valence-electron chi connectivity index (χ1n) is 6.34. The van der Waals surface area contributed by atoms with Crippen LogP contribution in [-0.4, -0.2) is 19.6 Å². The second kappa shape index (κ2) is 3.69. The van der Waals surface area contributed by atoms with Gasteiger partial charge in [-0.25, -0.2) is 0 Å². The molecule has 1 unspecified atom stereocenters. The van der Waals surface area contributed by atoms with Gasteiger partial charge in [0, 0.05) is 31.0 Å². The number of rotatable bonds is 3. The second-order valence-corrected chi connectivity index (χ2v) is 5.29. The average Bonchev–Trinajstić information content (AvgIpc) is 3.05. The summed E-state index contributed by atoms with van der Waals surface area (Å²) >= 11 is 0. The predicted octanol–water partition coefficient (Wildman–Crippen LogP) is 2.89. The van der Waals surface area contributed by atoms with E-state index in [-0.39, 0.29) is 0 Å². The van der Waals surface area contributed by atoms with E-state index >= 15 is 0 Å². The topological polar surface area (TPSA) is 15.3 Å². The molecular formula is C14H20N2. The Bertz CT molecular complexity index is 396. The van der Waals surface area contributed by atoms with E-state index in [9.17, 15) is 0 Å². The summed E-state index contributed by atoms with van der Waals surface area (Å²) in [6.45, 7) is 3.47. The standard InChI is InChI=1S/C14H20N2/c1-10(11-3-4-11)15-13-5-6-14-12(9-13)7-8-16(14)2/h5-6,9-11,15H,3-4,7-8H2,1-2H3. The summed E-state index contributed by atoms with van der Waals surface area (Å²) < 4.78 is 0. The van der Waals surface area contributed by atoms with Crippen LogP contribution in [0.1, 0.15) is 25.3 Å². The zero-order valence-electron chi connectivity index (χ0n) is 10.2. The number of hydrogen-bond donors (Lipinski definition) is 1. The van der Waals surface area contributed by atoms with Crippen molar-refractivity contribution in [1.82, 2.24) is 0 Å². The zero-order chi connectivity index (χ0) is 11.1. The van der Waals surface area contributed by atoms with E-state index in [4.69, 9.17) is 0 Å². The minimum absolute atomic E-state index is 0.636. The van der Waals surface area contributed by atoms with Crippen molar-refractivity contribution < 1.29 is 0 Å². The quantitative estimate of drug-likeness (QED) is 0.835. The molecule has 2 aliphatic rings. The number of likely N-dealkylation sites (N-methyl/N-ethyl adjacent to an activating group) is 1. The molecule has 1 saturated carbocycles. The van der Waals surface area contributed by atoms with Crippen LogP contribution < -0.4 is 10.2 Å². The van der Waals surface area contributed by atoms with E-state index in [0.29, 0.717) is 6.04 Å². The number of hydrogen-bond acceptors (Lipinski definition) is 2. The molecule has 1 heterocycles. The van der Waals surface area contributed by atoms with Crippen molar-refractivity contribution in [2.45, 2.75) is 32.2 Å². The number of anilines is 2. The lowest BCUT2D eigenvalue weighted by molar-refractivity contribution is 0.694. The third-order valence-electron chi connectivity index (χ3n) is 3.93. The normalized spacial score (nSPS) is 20.8. The van der Waals surface area contributed by atoms with E-state index < -0.39 is 0 Å². The minimum atomic E-state index is 0.636. The summed E-state index contributed by atoms with van der Waals surface area (Å²) in [4.78, 5) is 2.34. The number of fused-ring (bicyclic) bond motifs is 1. The highest BCUT2D eigenvalue weighted by Gasteiger charge is 2.28. The van der Waals surface area contributed by atoms with Gasteiger partial charge in [0.2, 0.25) is 0 Å². The molecule has 2 heteroatoms. The van der Waals surface area contributed by atoms with Crippen molar-refractivity contribution >= 4 is 11.4 Å². The Kier molecular flexibility index (Phi) is 2.31. The van der Waals surface area contributed by atoms with Crippen molar-refractivity contribution in [3.8, 4) is 0 Å². The molecule has 1 fully saturated rings. The Labute approximate surface area is 97.6 Å². The van der Waals surface area contributed by atoms with Gasteiger partial charge in [-0.05, 0) is 55.9 Å². The van der Waals surface area contributed by atoms with Crippen LogP contribution >= 0.6 is 0 Å². The third kappa shape index (κ3) is 1.77. The fourth-order valence-electron chi connectivity index (χ4n) is 2.63. The van der Waals surface area contributed by atoms with Gasteiger partial charge in [-0.2, -0.15) is 0 Å². The highest BCUT2D eigenvalue weighted by atomic mass is 15.1. The SMILES string of the molecule is CC(Nc1ccc2c(c1)CCN2C)C1CC1. The molecule has 0 aromatic heterocycles. The van der Waals surface area contributed by atoms with Gasteiger partial charge in [0.25, 0.3) is 0 Å². The third-order valence-corrected chi connectivity index (χ3v) is 3.93. The van der Waals surface area contributed by atoms with Gasteiger partial charge in [0.1, 0.15) is 0 Å². The Hall–Kier alpha value is -1.18. The first kappa shape index (κ1) is 10.0. The molecule has 2 nitrogen and oxygen atoms in total. The highest BCUT2D eigenvalue weighted by Crippen LogP contribution is 2.35. The van der Waals surface area contributed by atoms with Crippen LogP contribution in [0.3, 0.4) is 0 Å². The molecule has 86 valence electrons. The lowest BCUT2D eigenvalue weighted by Gasteiger charge is -2.16. The maximum absolute atomic E-state index is 3.63. The summed E-state index contributed by atoms with van der Waals surface area (Å²) in [5.74, 6) is 0.913. The van der Waals surface area contributed by atoms with E-state index in [1.165, 1.54) is 36.2 Å². The molecule has 0 saturated heterocycles. The highest BCUT2D eigenvalue weighted by molar-refractivity contribution is 5.63. The van der Waals surface area contributed by atoms with Gasteiger partial charge in [0.15, 0.2) is 0 Å². The smallest absolute Gasteiger partial charge is 0.0398 e. The Morgan fingerprint density at radius 3 is 2.94 bits per heavy atom. The van der Waals surface area contributed by atoms with Crippen LogP contribution in [-0.2, 0) is 6.42 Å². The molecule has 1 atom stereocenters. The van der Waals surface area contributed by atoms with E-state index in [1.54, 1.807) is 0 Å². The molecule has 16 heavy (non-hydrogen) atoms. The van der Waals surface area contributed by atoms with Crippen molar-refractivity contribution in [3.05, 3.63) is 23.8 Å². The van der Waals surface area contributed by atoms with Crippen molar-refractivity contribution in [3.63, 3.8) is 0 Å². The minimum Gasteiger partial charge on any atom is -0.382 e. The van der Waals surface area contributed by atoms with Gasteiger partial charge < -0.3 is 10.2 Å². The molecule has 0 amide bonds. The van der Waals surface area contributed by atoms with Gasteiger partial charge in [-0.3, -0.25) is 0 Å². The summed E-state index contributed by atoms with van der Waals surface area (Å²) in [5.41, 5.74) is 4.20. The molecule has 1 N–H and O–H groups in total. The van der Waals surface area contributed by atoms with Crippen molar-refractivity contribution in [2.75, 3.05) is 23.8 Å².